The molecule has 0 amide bonds. The van der Waals surface area contributed by atoms with Gasteiger partial charge in [-0.1, -0.05) is 51.0 Å². The van der Waals surface area contributed by atoms with Crippen LogP contribution < -0.4 is 11.5 Å². The number of hydrogen-bond acceptors (Lipinski definition) is 2. The van der Waals surface area contributed by atoms with E-state index in [1.54, 1.807) is 0 Å². The molecule has 4 N–H and O–H groups in total. The Hall–Kier alpha value is -1.96. The minimum Gasteiger partial charge on any atom is -0.399 e. The summed E-state index contributed by atoms with van der Waals surface area (Å²) in [4.78, 5) is 0. The van der Waals surface area contributed by atoms with Crippen LogP contribution in [0.4, 0.5) is 11.4 Å². The number of nitrogen functional groups attached to an aromatic ring is 2. The molecule has 120 valence electrons. The van der Waals surface area contributed by atoms with Gasteiger partial charge in [-0.25, -0.2) is 0 Å². The van der Waals surface area contributed by atoms with Crippen molar-refractivity contribution in [1.29, 1.82) is 0 Å². The van der Waals surface area contributed by atoms with Crippen LogP contribution in [0.1, 0.15) is 50.7 Å². The zero-order chi connectivity index (χ0) is 16.2. The summed E-state index contributed by atoms with van der Waals surface area (Å²) in [5.74, 6) is 0. The molecule has 0 atom stereocenters. The molecule has 0 aliphatic rings. The number of unbranched alkanes of at least 4 members (excludes halogenated alkanes) is 2. The lowest BCUT2D eigenvalue weighted by molar-refractivity contribution is 0.795. The summed E-state index contributed by atoms with van der Waals surface area (Å²) in [5, 5.41) is 0. The van der Waals surface area contributed by atoms with E-state index in [-0.39, 0.29) is 0 Å². The Labute approximate surface area is 135 Å². The molecule has 0 aliphatic carbocycles. The molecule has 2 aromatic carbocycles. The fourth-order valence-electron chi connectivity index (χ4n) is 2.13. The van der Waals surface area contributed by atoms with Crippen LogP contribution in [0.3, 0.4) is 0 Å². The number of rotatable bonds is 6. The molecule has 0 aromatic heterocycles. The minimum atomic E-state index is 0.852. The third-order valence-electron chi connectivity index (χ3n) is 3.60. The van der Waals surface area contributed by atoms with Gasteiger partial charge in [-0.05, 0) is 61.1 Å². The SMILES string of the molecule is CCCCc1ccc(N)cc1.CCCCc1ccc(N)cc1. The molecule has 0 heterocycles. The smallest absolute Gasteiger partial charge is 0.0314 e. The molecular formula is C20H30N2. The Morgan fingerprint density at radius 2 is 0.909 bits per heavy atom. The summed E-state index contributed by atoms with van der Waals surface area (Å²) in [6, 6.07) is 16.3. The van der Waals surface area contributed by atoms with E-state index in [0.717, 1.165) is 11.4 Å². The average Bonchev–Trinajstić information content (AvgIpc) is 2.54. The molecule has 0 unspecified atom stereocenters. The lowest BCUT2D eigenvalue weighted by Gasteiger charge is -1.99. The highest BCUT2D eigenvalue weighted by Gasteiger charge is 1.91. The van der Waals surface area contributed by atoms with Crippen LogP contribution >= 0.6 is 0 Å². The first-order chi connectivity index (χ1) is 10.7. The van der Waals surface area contributed by atoms with E-state index in [9.17, 15) is 0 Å². The summed E-state index contributed by atoms with van der Waals surface area (Å²) in [6.07, 6.45) is 7.40. The van der Waals surface area contributed by atoms with Crippen molar-refractivity contribution in [3.8, 4) is 0 Å². The van der Waals surface area contributed by atoms with Gasteiger partial charge in [0.25, 0.3) is 0 Å². The lowest BCUT2D eigenvalue weighted by Crippen LogP contribution is -1.87. The van der Waals surface area contributed by atoms with Crippen molar-refractivity contribution in [2.24, 2.45) is 0 Å². The highest BCUT2D eigenvalue weighted by atomic mass is 14.5. The summed E-state index contributed by atoms with van der Waals surface area (Å²) in [6.45, 7) is 4.41. The Morgan fingerprint density at radius 1 is 0.591 bits per heavy atom. The molecule has 0 radical (unpaired) electrons. The minimum absolute atomic E-state index is 0.852. The fraction of sp³-hybridized carbons (Fsp3) is 0.400. The van der Waals surface area contributed by atoms with Crippen LogP contribution in [0.25, 0.3) is 0 Å². The van der Waals surface area contributed by atoms with Gasteiger partial charge in [0.2, 0.25) is 0 Å². The zero-order valence-electron chi connectivity index (χ0n) is 14.0. The highest BCUT2D eigenvalue weighted by molar-refractivity contribution is 5.39. The second-order valence-corrected chi connectivity index (χ2v) is 5.69. The van der Waals surface area contributed by atoms with Crippen molar-refractivity contribution in [3.05, 3.63) is 59.7 Å². The molecule has 0 spiro atoms. The highest BCUT2D eigenvalue weighted by Crippen LogP contribution is 2.09. The predicted octanol–water partition coefficient (Wildman–Crippen LogP) is 5.22. The van der Waals surface area contributed by atoms with E-state index in [1.165, 1.54) is 49.7 Å². The summed E-state index contributed by atoms with van der Waals surface area (Å²) >= 11 is 0. The van der Waals surface area contributed by atoms with Gasteiger partial charge in [0.05, 0.1) is 0 Å². The fourth-order valence-corrected chi connectivity index (χ4v) is 2.13. The maximum Gasteiger partial charge on any atom is 0.0314 e. The second kappa shape index (κ2) is 10.7. The van der Waals surface area contributed by atoms with Crippen molar-refractivity contribution >= 4 is 11.4 Å². The molecule has 2 heteroatoms. The number of aryl methyl sites for hydroxylation is 2. The van der Waals surface area contributed by atoms with Crippen LogP contribution in [0.5, 0.6) is 0 Å². The summed E-state index contributed by atoms with van der Waals surface area (Å²) in [5.41, 5.74) is 15.6. The first-order valence-electron chi connectivity index (χ1n) is 8.34. The third kappa shape index (κ3) is 7.72. The van der Waals surface area contributed by atoms with Gasteiger partial charge in [-0.2, -0.15) is 0 Å². The number of benzene rings is 2. The first-order valence-corrected chi connectivity index (χ1v) is 8.34. The molecule has 0 aliphatic heterocycles. The zero-order valence-corrected chi connectivity index (χ0v) is 14.0. The second-order valence-electron chi connectivity index (χ2n) is 5.69. The van der Waals surface area contributed by atoms with E-state index >= 15 is 0 Å². The number of nitrogens with two attached hydrogens (primary N) is 2. The van der Waals surface area contributed by atoms with Gasteiger partial charge < -0.3 is 11.5 Å². The van der Waals surface area contributed by atoms with Gasteiger partial charge >= 0.3 is 0 Å². The van der Waals surface area contributed by atoms with Crippen LogP contribution in [0.2, 0.25) is 0 Å². The van der Waals surface area contributed by atoms with E-state index in [1.807, 2.05) is 24.3 Å². The standard InChI is InChI=1S/2C10H15N/c2*1-2-3-4-9-5-7-10(11)8-6-9/h2*5-8H,2-4,11H2,1H3. The topological polar surface area (TPSA) is 52.0 Å². The van der Waals surface area contributed by atoms with Crippen molar-refractivity contribution in [2.75, 3.05) is 11.5 Å². The molecule has 22 heavy (non-hydrogen) atoms. The largest absolute Gasteiger partial charge is 0.399 e. The first kappa shape index (κ1) is 18.1. The monoisotopic (exact) mass is 298 g/mol. The maximum absolute atomic E-state index is 5.56. The van der Waals surface area contributed by atoms with Gasteiger partial charge in [0.15, 0.2) is 0 Å². The summed E-state index contributed by atoms with van der Waals surface area (Å²) < 4.78 is 0. The Morgan fingerprint density at radius 3 is 1.18 bits per heavy atom. The van der Waals surface area contributed by atoms with Crippen molar-refractivity contribution < 1.29 is 0 Å². The van der Waals surface area contributed by atoms with Crippen molar-refractivity contribution in [2.45, 2.75) is 52.4 Å². The van der Waals surface area contributed by atoms with E-state index < -0.39 is 0 Å². The molecule has 2 nitrogen and oxygen atoms in total. The quantitative estimate of drug-likeness (QED) is 0.718. The number of anilines is 2. The molecule has 0 saturated heterocycles. The normalized spacial score (nSPS) is 9.91. The Bertz CT molecular complexity index is 451. The maximum atomic E-state index is 5.56. The molecular weight excluding hydrogens is 268 g/mol. The molecule has 2 rings (SSSR count). The van der Waals surface area contributed by atoms with Crippen LogP contribution in [0.15, 0.2) is 48.5 Å². The predicted molar refractivity (Wildman–Crippen MR) is 98.9 cm³/mol. The molecule has 0 bridgehead atoms. The molecule has 0 saturated carbocycles. The average molecular weight is 298 g/mol. The van der Waals surface area contributed by atoms with Gasteiger partial charge in [0.1, 0.15) is 0 Å². The van der Waals surface area contributed by atoms with Crippen LogP contribution in [-0.4, -0.2) is 0 Å². The van der Waals surface area contributed by atoms with Gasteiger partial charge in [0, 0.05) is 11.4 Å². The Balaban J connectivity index is 0.000000220. The van der Waals surface area contributed by atoms with Crippen molar-refractivity contribution in [3.63, 3.8) is 0 Å². The number of hydrogen-bond donors (Lipinski definition) is 2. The summed E-state index contributed by atoms with van der Waals surface area (Å²) in [7, 11) is 0. The van der Waals surface area contributed by atoms with Crippen molar-refractivity contribution in [1.82, 2.24) is 0 Å². The third-order valence-corrected chi connectivity index (χ3v) is 3.60. The van der Waals surface area contributed by atoms with E-state index in [4.69, 9.17) is 11.5 Å². The van der Waals surface area contributed by atoms with E-state index in [2.05, 4.69) is 38.1 Å². The molecule has 2 aromatic rings. The van der Waals surface area contributed by atoms with Gasteiger partial charge in [-0.15, -0.1) is 0 Å². The molecule has 0 fully saturated rings. The van der Waals surface area contributed by atoms with Crippen LogP contribution in [0, 0.1) is 0 Å². The Kier molecular flexibility index (Phi) is 8.82. The lowest BCUT2D eigenvalue weighted by atomic mass is 10.1. The van der Waals surface area contributed by atoms with Gasteiger partial charge in [-0.3, -0.25) is 0 Å². The van der Waals surface area contributed by atoms with Crippen LogP contribution in [-0.2, 0) is 12.8 Å². The van der Waals surface area contributed by atoms with E-state index in [0.29, 0.717) is 0 Å².